The number of fused-ring (bicyclic) bond motifs is 1. The van der Waals surface area contributed by atoms with Gasteiger partial charge < -0.3 is 14.7 Å². The van der Waals surface area contributed by atoms with Gasteiger partial charge >= 0.3 is 0 Å². The van der Waals surface area contributed by atoms with Gasteiger partial charge in [0.15, 0.2) is 0 Å². The Morgan fingerprint density at radius 1 is 1.27 bits per heavy atom. The number of hydrogen-bond acceptors (Lipinski definition) is 4. The van der Waals surface area contributed by atoms with Crippen LogP contribution in [0.2, 0.25) is 0 Å². The van der Waals surface area contributed by atoms with Gasteiger partial charge in [0.1, 0.15) is 0 Å². The van der Waals surface area contributed by atoms with Crippen LogP contribution >= 0.6 is 0 Å². The molecule has 4 rings (SSSR count). The van der Waals surface area contributed by atoms with Crippen LogP contribution in [0.1, 0.15) is 25.0 Å². The smallest absolute Gasteiger partial charge is 0.231 e. The number of aliphatic hydroxyl groups is 1. The maximum Gasteiger partial charge on any atom is 0.231 e. The van der Waals surface area contributed by atoms with E-state index < -0.39 is 6.10 Å². The molecule has 2 heterocycles. The van der Waals surface area contributed by atoms with E-state index >= 15 is 0 Å². The lowest BCUT2D eigenvalue weighted by Crippen LogP contribution is -2.50. The van der Waals surface area contributed by atoms with Crippen LogP contribution in [-0.4, -0.2) is 53.8 Å². The van der Waals surface area contributed by atoms with Crippen molar-refractivity contribution in [3.05, 3.63) is 42.1 Å². The summed E-state index contributed by atoms with van der Waals surface area (Å²) in [5.41, 5.74) is 1.58. The Labute approximate surface area is 154 Å². The van der Waals surface area contributed by atoms with Gasteiger partial charge in [-0.1, -0.05) is 30.7 Å². The van der Waals surface area contributed by atoms with Crippen molar-refractivity contribution in [2.75, 3.05) is 26.8 Å². The lowest BCUT2D eigenvalue weighted by Gasteiger charge is -2.42. The van der Waals surface area contributed by atoms with Crippen LogP contribution < -0.4 is 0 Å². The van der Waals surface area contributed by atoms with E-state index in [1.807, 2.05) is 35.2 Å². The van der Waals surface area contributed by atoms with E-state index in [-0.39, 0.29) is 17.2 Å². The van der Waals surface area contributed by atoms with Gasteiger partial charge in [-0.05, 0) is 31.4 Å². The van der Waals surface area contributed by atoms with Crippen LogP contribution in [0.15, 0.2) is 36.4 Å². The van der Waals surface area contributed by atoms with Gasteiger partial charge in [-0.15, -0.1) is 0 Å². The summed E-state index contributed by atoms with van der Waals surface area (Å²) >= 11 is 0. The number of β-amino-alcohol motifs (C(OH)–C–C–N with tert-alkyl or cyclic N) is 1. The molecule has 2 aromatic rings. The Balaban J connectivity index is 1.45. The van der Waals surface area contributed by atoms with E-state index in [4.69, 9.17) is 9.72 Å². The molecule has 1 aromatic heterocycles. The number of carbonyl (C=O) groups is 1. The minimum absolute atomic E-state index is 0.0345. The number of ether oxygens (including phenoxy) is 1. The number of likely N-dealkylation sites (tertiary alicyclic amines) is 1. The van der Waals surface area contributed by atoms with Gasteiger partial charge in [0.25, 0.3) is 0 Å². The summed E-state index contributed by atoms with van der Waals surface area (Å²) in [6.45, 7) is 1.50. The molecular formula is C21H26N2O3. The molecule has 0 bridgehead atoms. The summed E-state index contributed by atoms with van der Waals surface area (Å²) in [5.74, 6) is 0.186. The van der Waals surface area contributed by atoms with Gasteiger partial charge in [-0.3, -0.25) is 9.78 Å². The molecule has 1 N–H and O–H groups in total. The summed E-state index contributed by atoms with van der Waals surface area (Å²) in [7, 11) is 1.65. The SMILES string of the molecule is COCC1(C(=O)N2C[C@@H](Cc3ccc4ccccc4n3)[C@H](O)C2)CCC1. The zero-order valence-corrected chi connectivity index (χ0v) is 15.2. The van der Waals surface area contributed by atoms with Crippen LogP contribution in [-0.2, 0) is 16.0 Å². The topological polar surface area (TPSA) is 62.7 Å². The second-order valence-corrected chi connectivity index (χ2v) is 7.80. The highest BCUT2D eigenvalue weighted by Gasteiger charge is 2.48. The third-order valence-corrected chi connectivity index (χ3v) is 6.01. The third kappa shape index (κ3) is 3.10. The number of amides is 1. The highest BCUT2D eigenvalue weighted by Crippen LogP contribution is 2.43. The molecule has 1 aliphatic carbocycles. The quantitative estimate of drug-likeness (QED) is 0.896. The fourth-order valence-electron chi connectivity index (χ4n) is 4.35. The first-order valence-corrected chi connectivity index (χ1v) is 9.42. The van der Waals surface area contributed by atoms with Crippen molar-refractivity contribution >= 4 is 16.8 Å². The summed E-state index contributed by atoms with van der Waals surface area (Å²) in [4.78, 5) is 19.5. The van der Waals surface area contributed by atoms with E-state index in [1.54, 1.807) is 7.11 Å². The maximum absolute atomic E-state index is 13.0. The molecule has 0 spiro atoms. The molecule has 2 atom stereocenters. The third-order valence-electron chi connectivity index (χ3n) is 6.01. The van der Waals surface area contributed by atoms with Gasteiger partial charge in [0, 0.05) is 37.2 Å². The highest BCUT2D eigenvalue weighted by molar-refractivity contribution is 5.84. The molecule has 1 aromatic carbocycles. The molecule has 1 saturated carbocycles. The number of para-hydroxylation sites is 1. The standard InChI is InChI=1S/C21H26N2O3/c1-26-14-21(9-4-10-21)20(25)23-12-16(19(24)13-23)11-17-8-7-15-5-2-3-6-18(15)22-17/h2-3,5-8,16,19,24H,4,9-14H2,1H3/t16-,19-/m1/s1. The van der Waals surface area contributed by atoms with Crippen LogP contribution in [0.4, 0.5) is 0 Å². The van der Waals surface area contributed by atoms with E-state index in [2.05, 4.69) is 6.07 Å². The molecule has 2 fully saturated rings. The molecule has 5 heteroatoms. The number of aromatic nitrogens is 1. The van der Waals surface area contributed by atoms with Crippen molar-refractivity contribution in [1.29, 1.82) is 0 Å². The normalized spacial score (nSPS) is 24.6. The van der Waals surface area contributed by atoms with Crippen LogP contribution in [0.25, 0.3) is 10.9 Å². The number of methoxy groups -OCH3 is 1. The minimum atomic E-state index is -0.494. The predicted molar refractivity (Wildman–Crippen MR) is 99.7 cm³/mol. The summed E-state index contributed by atoms with van der Waals surface area (Å²) in [6.07, 6.45) is 3.06. The molecule has 26 heavy (non-hydrogen) atoms. The van der Waals surface area contributed by atoms with E-state index in [9.17, 15) is 9.90 Å². The zero-order chi connectivity index (χ0) is 18.1. The number of aliphatic hydroxyl groups excluding tert-OH is 1. The fourth-order valence-corrected chi connectivity index (χ4v) is 4.35. The van der Waals surface area contributed by atoms with Crippen LogP contribution in [0.5, 0.6) is 0 Å². The molecule has 0 radical (unpaired) electrons. The van der Waals surface area contributed by atoms with E-state index in [0.717, 1.165) is 35.9 Å². The average Bonchev–Trinajstić information content (AvgIpc) is 2.98. The van der Waals surface area contributed by atoms with Crippen LogP contribution in [0, 0.1) is 11.3 Å². The molecule has 0 unspecified atom stereocenters. The molecule has 138 valence electrons. The second kappa shape index (κ2) is 6.97. The first-order valence-electron chi connectivity index (χ1n) is 9.42. The Kier molecular flexibility index (Phi) is 4.67. The number of rotatable bonds is 5. The Morgan fingerprint density at radius 3 is 2.81 bits per heavy atom. The lowest BCUT2D eigenvalue weighted by molar-refractivity contribution is -0.151. The molecule has 1 aliphatic heterocycles. The van der Waals surface area contributed by atoms with Crippen molar-refractivity contribution < 1.29 is 14.6 Å². The molecule has 1 saturated heterocycles. The van der Waals surface area contributed by atoms with Gasteiger partial charge in [-0.2, -0.15) is 0 Å². The van der Waals surface area contributed by atoms with Crippen LogP contribution in [0.3, 0.4) is 0 Å². The largest absolute Gasteiger partial charge is 0.391 e. The van der Waals surface area contributed by atoms with E-state index in [1.165, 1.54) is 0 Å². The summed E-state index contributed by atoms with van der Waals surface area (Å²) in [5, 5.41) is 11.6. The molecule has 2 aliphatic rings. The predicted octanol–water partition coefficient (Wildman–Crippen LogP) is 2.41. The highest BCUT2D eigenvalue weighted by atomic mass is 16.5. The van der Waals surface area contributed by atoms with Crippen molar-refractivity contribution in [1.82, 2.24) is 9.88 Å². The van der Waals surface area contributed by atoms with Crippen molar-refractivity contribution in [2.45, 2.75) is 31.8 Å². The number of nitrogens with zero attached hydrogens (tertiary/aromatic N) is 2. The minimum Gasteiger partial charge on any atom is -0.391 e. The number of pyridine rings is 1. The first-order chi connectivity index (χ1) is 12.6. The zero-order valence-electron chi connectivity index (χ0n) is 15.2. The monoisotopic (exact) mass is 354 g/mol. The number of carbonyl (C=O) groups excluding carboxylic acids is 1. The summed E-state index contributed by atoms with van der Waals surface area (Å²) in [6, 6.07) is 12.1. The number of benzene rings is 1. The Hall–Kier alpha value is -1.98. The molecule has 5 nitrogen and oxygen atoms in total. The maximum atomic E-state index is 13.0. The van der Waals surface area contributed by atoms with Gasteiger partial charge in [-0.25, -0.2) is 0 Å². The first kappa shape index (κ1) is 17.4. The Morgan fingerprint density at radius 2 is 2.08 bits per heavy atom. The second-order valence-electron chi connectivity index (χ2n) is 7.80. The molecular weight excluding hydrogens is 328 g/mol. The lowest BCUT2D eigenvalue weighted by atomic mass is 9.68. The summed E-state index contributed by atoms with van der Waals surface area (Å²) < 4.78 is 5.30. The van der Waals surface area contributed by atoms with Gasteiger partial charge in [0.2, 0.25) is 5.91 Å². The number of hydrogen-bond donors (Lipinski definition) is 1. The Bertz CT molecular complexity index is 803. The van der Waals surface area contributed by atoms with Crippen molar-refractivity contribution in [3.63, 3.8) is 0 Å². The van der Waals surface area contributed by atoms with Gasteiger partial charge in [0.05, 0.1) is 23.6 Å². The molecule has 1 amide bonds. The average molecular weight is 354 g/mol. The van der Waals surface area contributed by atoms with E-state index in [0.29, 0.717) is 26.1 Å². The van der Waals surface area contributed by atoms with Crippen molar-refractivity contribution in [3.8, 4) is 0 Å². The fraction of sp³-hybridized carbons (Fsp3) is 0.524. The van der Waals surface area contributed by atoms with Crippen molar-refractivity contribution in [2.24, 2.45) is 11.3 Å².